The van der Waals surface area contributed by atoms with Crippen LogP contribution in [0.5, 0.6) is 23.0 Å². The second-order valence-electron chi connectivity index (χ2n) is 13.4. The van der Waals surface area contributed by atoms with E-state index in [1.807, 2.05) is 81.4 Å². The first-order valence-corrected chi connectivity index (χ1v) is 18.9. The Kier molecular flexibility index (Phi) is 12.7. The zero-order valence-corrected chi connectivity index (χ0v) is 31.8. The molecule has 0 aliphatic carbocycles. The van der Waals surface area contributed by atoms with Crippen LogP contribution in [0.1, 0.15) is 26.3 Å². The lowest BCUT2D eigenvalue weighted by Gasteiger charge is -2.34. The van der Waals surface area contributed by atoms with Crippen molar-refractivity contribution in [2.24, 2.45) is 0 Å². The Balaban J connectivity index is 0.978. The summed E-state index contributed by atoms with van der Waals surface area (Å²) in [6.07, 6.45) is 0. The highest BCUT2D eigenvalue weighted by molar-refractivity contribution is 9.10. The molecule has 0 radical (unpaired) electrons. The molecule has 0 bridgehead atoms. The van der Waals surface area contributed by atoms with Crippen molar-refractivity contribution in [3.05, 3.63) is 107 Å². The van der Waals surface area contributed by atoms with Crippen LogP contribution in [0.4, 0.5) is 0 Å². The van der Waals surface area contributed by atoms with Crippen LogP contribution in [-0.2, 0) is 20.9 Å². The molecular formula is C41H45BrN2O6S. The van der Waals surface area contributed by atoms with Crippen LogP contribution < -0.4 is 14.2 Å². The Morgan fingerprint density at radius 2 is 1.45 bits per heavy atom. The number of hydrogen-bond donors (Lipinski definition) is 0. The van der Waals surface area contributed by atoms with E-state index in [1.165, 1.54) is 0 Å². The molecule has 5 aromatic rings. The average Bonchev–Trinajstić information content (AvgIpc) is 3.47. The molecule has 1 aliphatic heterocycles. The predicted octanol–water partition coefficient (Wildman–Crippen LogP) is 9.06. The van der Waals surface area contributed by atoms with E-state index in [0.29, 0.717) is 33.0 Å². The summed E-state index contributed by atoms with van der Waals surface area (Å²) in [6, 6.07) is 32.4. The minimum absolute atomic E-state index is 0.164. The predicted molar refractivity (Wildman–Crippen MR) is 207 cm³/mol. The van der Waals surface area contributed by atoms with E-state index in [2.05, 4.69) is 62.1 Å². The van der Waals surface area contributed by atoms with Crippen molar-refractivity contribution in [1.82, 2.24) is 9.80 Å². The van der Waals surface area contributed by atoms with Crippen LogP contribution in [0.15, 0.2) is 102 Å². The third-order valence-electron chi connectivity index (χ3n) is 8.30. The molecule has 0 spiro atoms. The molecule has 268 valence electrons. The molecule has 51 heavy (non-hydrogen) atoms. The SMILES string of the molecule is CC(C)(C)OC(=O)CN1CCN(CCOCCOc2ccc(Oc3c(-c4ccc(Br)cc4)sc4cc(OCc5ccccc5)ccc34)cc2)CC1. The molecule has 8 nitrogen and oxygen atoms in total. The van der Waals surface area contributed by atoms with Gasteiger partial charge in [-0.2, -0.15) is 0 Å². The van der Waals surface area contributed by atoms with Crippen LogP contribution in [0.3, 0.4) is 0 Å². The van der Waals surface area contributed by atoms with E-state index in [4.69, 9.17) is 23.7 Å². The van der Waals surface area contributed by atoms with Crippen LogP contribution >= 0.6 is 27.3 Å². The average molecular weight is 774 g/mol. The highest BCUT2D eigenvalue weighted by Gasteiger charge is 2.22. The minimum atomic E-state index is -0.450. The van der Waals surface area contributed by atoms with Gasteiger partial charge in [0.15, 0.2) is 5.75 Å². The minimum Gasteiger partial charge on any atom is -0.491 e. The largest absolute Gasteiger partial charge is 0.491 e. The van der Waals surface area contributed by atoms with Crippen molar-refractivity contribution in [2.45, 2.75) is 33.0 Å². The van der Waals surface area contributed by atoms with E-state index in [1.54, 1.807) is 11.3 Å². The maximum atomic E-state index is 12.1. The lowest BCUT2D eigenvalue weighted by molar-refractivity contribution is -0.156. The summed E-state index contributed by atoms with van der Waals surface area (Å²) in [5.41, 5.74) is 1.76. The first kappa shape index (κ1) is 36.8. The molecule has 4 aromatic carbocycles. The first-order chi connectivity index (χ1) is 24.7. The number of thiophene rings is 1. The topological polar surface area (TPSA) is 69.7 Å². The van der Waals surface area contributed by atoms with E-state index in [-0.39, 0.29) is 5.97 Å². The highest BCUT2D eigenvalue weighted by atomic mass is 79.9. The summed E-state index contributed by atoms with van der Waals surface area (Å²) in [5.74, 6) is 2.96. The van der Waals surface area contributed by atoms with Gasteiger partial charge in [-0.15, -0.1) is 11.3 Å². The van der Waals surface area contributed by atoms with Crippen molar-refractivity contribution in [3.8, 4) is 33.4 Å². The maximum Gasteiger partial charge on any atom is 0.320 e. The van der Waals surface area contributed by atoms with Gasteiger partial charge in [-0.05, 0) is 86.5 Å². The number of piperazine rings is 1. The van der Waals surface area contributed by atoms with Gasteiger partial charge in [-0.3, -0.25) is 14.6 Å². The third-order valence-corrected chi connectivity index (χ3v) is 10.0. The second kappa shape index (κ2) is 17.5. The van der Waals surface area contributed by atoms with Gasteiger partial charge in [0, 0.05) is 47.3 Å². The summed E-state index contributed by atoms with van der Waals surface area (Å²) in [6.45, 7) is 12.5. The molecule has 0 N–H and O–H groups in total. The van der Waals surface area contributed by atoms with E-state index in [9.17, 15) is 4.79 Å². The fourth-order valence-electron chi connectivity index (χ4n) is 5.74. The molecule has 0 amide bonds. The van der Waals surface area contributed by atoms with Gasteiger partial charge in [0.1, 0.15) is 36.1 Å². The third kappa shape index (κ3) is 11.0. The molecule has 0 unspecified atom stereocenters. The van der Waals surface area contributed by atoms with Gasteiger partial charge in [-0.1, -0.05) is 58.4 Å². The van der Waals surface area contributed by atoms with Crippen LogP contribution in [0.2, 0.25) is 0 Å². The molecular weight excluding hydrogens is 728 g/mol. The number of carbonyl (C=O) groups is 1. The summed E-state index contributed by atoms with van der Waals surface area (Å²) >= 11 is 5.25. The molecule has 1 aliphatic rings. The fourth-order valence-corrected chi connectivity index (χ4v) is 7.17. The Hall–Kier alpha value is -3.93. The maximum absolute atomic E-state index is 12.1. The van der Waals surface area contributed by atoms with Gasteiger partial charge in [0.2, 0.25) is 0 Å². The molecule has 1 fully saturated rings. The number of esters is 1. The Bertz CT molecular complexity index is 1850. The zero-order chi connectivity index (χ0) is 35.6. The molecule has 6 rings (SSSR count). The van der Waals surface area contributed by atoms with Gasteiger partial charge in [0.05, 0.1) is 24.6 Å². The van der Waals surface area contributed by atoms with Gasteiger partial charge in [0.25, 0.3) is 0 Å². The highest BCUT2D eigenvalue weighted by Crippen LogP contribution is 2.47. The normalized spacial score (nSPS) is 14.0. The lowest BCUT2D eigenvalue weighted by atomic mass is 10.1. The van der Waals surface area contributed by atoms with Gasteiger partial charge in [-0.25, -0.2) is 0 Å². The zero-order valence-electron chi connectivity index (χ0n) is 29.4. The summed E-state index contributed by atoms with van der Waals surface area (Å²) in [7, 11) is 0. The number of ether oxygens (including phenoxy) is 5. The Morgan fingerprint density at radius 3 is 2.18 bits per heavy atom. The number of rotatable bonds is 15. The van der Waals surface area contributed by atoms with Crippen LogP contribution in [0, 0.1) is 0 Å². The van der Waals surface area contributed by atoms with Crippen LogP contribution in [-0.4, -0.2) is 80.5 Å². The molecule has 0 saturated carbocycles. The number of hydrogen-bond acceptors (Lipinski definition) is 9. The van der Waals surface area contributed by atoms with Crippen molar-refractivity contribution < 1.29 is 28.5 Å². The molecule has 1 aromatic heterocycles. The quantitative estimate of drug-likeness (QED) is 0.0772. The van der Waals surface area contributed by atoms with E-state index >= 15 is 0 Å². The first-order valence-electron chi connectivity index (χ1n) is 17.3. The van der Waals surface area contributed by atoms with Crippen molar-refractivity contribution in [2.75, 3.05) is 59.1 Å². The summed E-state index contributed by atoms with van der Waals surface area (Å²) in [5, 5.41) is 1.03. The number of nitrogens with zero attached hydrogens (tertiary/aromatic N) is 2. The summed E-state index contributed by atoms with van der Waals surface area (Å²) < 4.78 is 32.1. The van der Waals surface area contributed by atoms with Crippen molar-refractivity contribution in [3.63, 3.8) is 0 Å². The van der Waals surface area contributed by atoms with E-state index in [0.717, 1.165) is 86.3 Å². The second-order valence-corrected chi connectivity index (χ2v) is 15.4. The van der Waals surface area contributed by atoms with Crippen LogP contribution in [0.25, 0.3) is 20.5 Å². The number of halogens is 1. The summed E-state index contributed by atoms with van der Waals surface area (Å²) in [4.78, 5) is 17.7. The molecule has 2 heterocycles. The van der Waals surface area contributed by atoms with Crippen molar-refractivity contribution in [1.29, 1.82) is 0 Å². The van der Waals surface area contributed by atoms with Gasteiger partial charge >= 0.3 is 5.97 Å². The Morgan fingerprint density at radius 1 is 0.765 bits per heavy atom. The molecule has 1 saturated heterocycles. The molecule has 10 heteroatoms. The molecule has 0 atom stereocenters. The monoisotopic (exact) mass is 772 g/mol. The smallest absolute Gasteiger partial charge is 0.320 e. The fraction of sp³-hybridized carbons (Fsp3) is 0.341. The number of benzene rings is 4. The van der Waals surface area contributed by atoms with Crippen molar-refractivity contribution >= 4 is 43.3 Å². The van der Waals surface area contributed by atoms with Gasteiger partial charge < -0.3 is 23.7 Å². The Labute approximate surface area is 313 Å². The number of fused-ring (bicyclic) bond motifs is 1. The lowest BCUT2D eigenvalue weighted by Crippen LogP contribution is -2.49. The van der Waals surface area contributed by atoms with E-state index < -0.39 is 5.60 Å². The standard InChI is InChI=1S/C41H45BrN2O6S/c1-41(2,3)50-38(45)28-44-21-19-43(20-22-44)23-24-46-25-26-47-33-13-15-34(16-14-33)49-39-36-18-17-35(48-29-30-7-5-4-6-8-30)27-37(36)51-40(39)31-9-11-32(42)12-10-31/h4-18,27H,19-26,28-29H2,1-3H3. The number of carbonyl (C=O) groups excluding carboxylic acids is 1.